The van der Waals surface area contributed by atoms with Gasteiger partial charge >= 0.3 is 5.69 Å². The van der Waals surface area contributed by atoms with Crippen LogP contribution in [0.5, 0.6) is 0 Å². The van der Waals surface area contributed by atoms with Gasteiger partial charge in [0.2, 0.25) is 0 Å². The first-order chi connectivity index (χ1) is 12.0. The summed E-state index contributed by atoms with van der Waals surface area (Å²) in [5, 5.41) is 13.9. The number of aromatic nitrogens is 3. The van der Waals surface area contributed by atoms with Crippen molar-refractivity contribution in [3.05, 3.63) is 51.7 Å². The van der Waals surface area contributed by atoms with Gasteiger partial charge in [-0.3, -0.25) is 4.57 Å². The van der Waals surface area contributed by atoms with Crippen molar-refractivity contribution in [2.75, 3.05) is 0 Å². The third-order valence-electron chi connectivity index (χ3n) is 6.19. The minimum atomic E-state index is -0.643. The lowest BCUT2D eigenvalue weighted by Gasteiger charge is -2.42. The number of rotatable bonds is 2. The SMILES string of the molecule is N#CC12CCC(n3nc4n(c3=O)[C@H](c3cc(F)cc(F)c3)CC4)(C1)C2. The zero-order valence-corrected chi connectivity index (χ0v) is 13.5. The summed E-state index contributed by atoms with van der Waals surface area (Å²) < 4.78 is 30.3. The van der Waals surface area contributed by atoms with E-state index in [1.807, 2.05) is 0 Å². The summed E-state index contributed by atoms with van der Waals surface area (Å²) in [5.41, 5.74) is -0.405. The fourth-order valence-electron chi connectivity index (χ4n) is 5.11. The third kappa shape index (κ3) is 1.85. The van der Waals surface area contributed by atoms with Crippen LogP contribution in [0.2, 0.25) is 0 Å². The topological polar surface area (TPSA) is 63.6 Å². The summed E-state index contributed by atoms with van der Waals surface area (Å²) in [6, 6.07) is 5.39. The summed E-state index contributed by atoms with van der Waals surface area (Å²) in [6.45, 7) is 0. The van der Waals surface area contributed by atoms with Gasteiger partial charge in [0.1, 0.15) is 17.5 Å². The first kappa shape index (κ1) is 14.8. The molecule has 3 fully saturated rings. The maximum Gasteiger partial charge on any atom is 0.347 e. The number of hydrogen-bond acceptors (Lipinski definition) is 3. The van der Waals surface area contributed by atoms with Crippen LogP contribution in [-0.2, 0) is 12.0 Å². The van der Waals surface area contributed by atoms with Crippen molar-refractivity contribution >= 4 is 0 Å². The molecule has 2 aromatic rings. The number of halogens is 2. The number of nitriles is 1. The van der Waals surface area contributed by atoms with Crippen molar-refractivity contribution < 1.29 is 8.78 Å². The molecule has 3 aliphatic carbocycles. The van der Waals surface area contributed by atoms with Crippen LogP contribution in [-0.4, -0.2) is 14.3 Å². The monoisotopic (exact) mass is 342 g/mol. The molecule has 5 nitrogen and oxygen atoms in total. The van der Waals surface area contributed by atoms with E-state index in [0.717, 1.165) is 18.9 Å². The van der Waals surface area contributed by atoms with Gasteiger partial charge in [-0.1, -0.05) is 0 Å². The third-order valence-corrected chi connectivity index (χ3v) is 6.19. The summed E-state index contributed by atoms with van der Waals surface area (Å²) in [6.07, 6.45) is 4.14. The minimum Gasteiger partial charge on any atom is -0.271 e. The van der Waals surface area contributed by atoms with Crippen LogP contribution in [0.15, 0.2) is 23.0 Å². The number of fused-ring (bicyclic) bond motifs is 2. The van der Waals surface area contributed by atoms with Crippen molar-refractivity contribution in [2.24, 2.45) is 5.41 Å². The zero-order chi connectivity index (χ0) is 17.4. The minimum absolute atomic E-state index is 0.226. The highest BCUT2D eigenvalue weighted by molar-refractivity contribution is 5.26. The van der Waals surface area contributed by atoms with E-state index in [9.17, 15) is 18.8 Å². The van der Waals surface area contributed by atoms with Gasteiger partial charge in [-0.15, -0.1) is 0 Å². The highest BCUT2D eigenvalue weighted by Gasteiger charge is 2.64. The molecular weight excluding hydrogens is 326 g/mol. The predicted octanol–water partition coefficient (Wildman–Crippen LogP) is 2.65. The fourth-order valence-corrected chi connectivity index (χ4v) is 5.11. The van der Waals surface area contributed by atoms with E-state index in [1.165, 1.54) is 12.1 Å². The highest BCUT2D eigenvalue weighted by atomic mass is 19.1. The van der Waals surface area contributed by atoms with Gasteiger partial charge in [0.05, 0.1) is 23.1 Å². The molecule has 0 amide bonds. The molecule has 0 spiro atoms. The Hall–Kier alpha value is -2.49. The molecule has 1 aromatic heterocycles. The van der Waals surface area contributed by atoms with Gasteiger partial charge in [-0.25, -0.2) is 18.3 Å². The number of aryl methyl sites for hydroxylation is 1. The Morgan fingerprint density at radius 2 is 1.92 bits per heavy atom. The molecule has 25 heavy (non-hydrogen) atoms. The molecule has 2 heterocycles. The van der Waals surface area contributed by atoms with E-state index in [0.29, 0.717) is 37.1 Å². The quantitative estimate of drug-likeness (QED) is 0.843. The van der Waals surface area contributed by atoms with Gasteiger partial charge in [-0.05, 0) is 49.8 Å². The van der Waals surface area contributed by atoms with Crippen LogP contribution in [0, 0.1) is 28.4 Å². The molecule has 0 radical (unpaired) electrons. The van der Waals surface area contributed by atoms with E-state index in [1.54, 1.807) is 9.25 Å². The Kier molecular flexibility index (Phi) is 2.71. The Labute approximate surface area is 142 Å². The fraction of sp³-hybridized carbons (Fsp3) is 0.500. The Morgan fingerprint density at radius 3 is 2.56 bits per heavy atom. The smallest absolute Gasteiger partial charge is 0.271 e. The molecule has 7 heteroatoms. The van der Waals surface area contributed by atoms with E-state index >= 15 is 0 Å². The molecule has 0 saturated heterocycles. The lowest BCUT2D eigenvalue weighted by Crippen LogP contribution is -2.50. The molecule has 4 aliphatic rings. The molecular formula is C18H16F2N4O. The number of hydrogen-bond donors (Lipinski definition) is 0. The molecule has 1 aliphatic heterocycles. The largest absolute Gasteiger partial charge is 0.347 e. The second-order valence-corrected chi connectivity index (χ2v) is 7.71. The van der Waals surface area contributed by atoms with Crippen molar-refractivity contribution in [3.63, 3.8) is 0 Å². The average molecular weight is 342 g/mol. The van der Waals surface area contributed by atoms with Crippen LogP contribution in [0.3, 0.4) is 0 Å². The molecule has 128 valence electrons. The maximum atomic E-state index is 13.6. The van der Waals surface area contributed by atoms with Crippen LogP contribution in [0.4, 0.5) is 8.78 Å². The van der Waals surface area contributed by atoms with E-state index in [-0.39, 0.29) is 22.7 Å². The van der Waals surface area contributed by atoms with Gasteiger partial charge in [0, 0.05) is 12.5 Å². The Balaban J connectivity index is 1.57. The van der Waals surface area contributed by atoms with Gasteiger partial charge in [0.25, 0.3) is 0 Å². The summed E-state index contributed by atoms with van der Waals surface area (Å²) in [4.78, 5) is 13.0. The van der Waals surface area contributed by atoms with Crippen LogP contribution in [0.25, 0.3) is 0 Å². The molecule has 0 unspecified atom stereocenters. The van der Waals surface area contributed by atoms with Crippen molar-refractivity contribution in [3.8, 4) is 6.07 Å². The first-order valence-electron chi connectivity index (χ1n) is 8.54. The molecule has 1 atom stereocenters. The molecule has 2 bridgehead atoms. The number of benzene rings is 1. The van der Waals surface area contributed by atoms with E-state index in [2.05, 4.69) is 11.2 Å². The molecule has 3 saturated carbocycles. The van der Waals surface area contributed by atoms with Gasteiger partial charge < -0.3 is 0 Å². The average Bonchev–Trinajstić information content (AvgIpc) is 3.25. The number of nitrogens with zero attached hydrogens (tertiary/aromatic N) is 4. The summed E-state index contributed by atoms with van der Waals surface area (Å²) in [5.74, 6) is -0.623. The van der Waals surface area contributed by atoms with Gasteiger partial charge in [-0.2, -0.15) is 10.4 Å². The lowest BCUT2D eigenvalue weighted by molar-refractivity contribution is 0.0828. The van der Waals surface area contributed by atoms with E-state index < -0.39 is 11.6 Å². The Morgan fingerprint density at radius 1 is 1.20 bits per heavy atom. The van der Waals surface area contributed by atoms with Crippen molar-refractivity contribution in [2.45, 2.75) is 50.1 Å². The zero-order valence-electron chi connectivity index (χ0n) is 13.5. The highest BCUT2D eigenvalue weighted by Crippen LogP contribution is 2.64. The van der Waals surface area contributed by atoms with Crippen molar-refractivity contribution in [1.82, 2.24) is 14.3 Å². The summed E-state index contributed by atoms with van der Waals surface area (Å²) in [7, 11) is 0. The maximum absolute atomic E-state index is 13.6. The predicted molar refractivity (Wildman–Crippen MR) is 83.8 cm³/mol. The van der Waals surface area contributed by atoms with Crippen LogP contribution in [0.1, 0.15) is 49.5 Å². The lowest BCUT2D eigenvalue weighted by atomic mass is 9.66. The normalized spacial score (nSPS) is 32.3. The second-order valence-electron chi connectivity index (χ2n) is 7.71. The molecule has 0 N–H and O–H groups in total. The molecule has 1 aromatic carbocycles. The first-order valence-corrected chi connectivity index (χ1v) is 8.54. The van der Waals surface area contributed by atoms with Crippen molar-refractivity contribution in [1.29, 1.82) is 5.26 Å². The van der Waals surface area contributed by atoms with Crippen LogP contribution >= 0.6 is 0 Å². The Bertz CT molecular complexity index is 973. The van der Waals surface area contributed by atoms with Crippen LogP contribution < -0.4 is 5.69 Å². The standard InChI is InChI=1S/C18H16F2N4O/c19-12-5-11(6-13(20)7-12)14-1-2-15-22-24(16(25)23(14)15)18-4-3-17(8-18,9-18)10-21/h5-7,14H,1-4,8-9H2/t14-,17?,18?/m0/s1. The molecule has 6 rings (SSSR count). The summed E-state index contributed by atoms with van der Waals surface area (Å²) >= 11 is 0. The van der Waals surface area contributed by atoms with Gasteiger partial charge in [0.15, 0.2) is 0 Å². The van der Waals surface area contributed by atoms with E-state index in [4.69, 9.17) is 0 Å². The second kappa shape index (κ2) is 4.57.